The minimum atomic E-state index is 0.0646. The van der Waals surface area contributed by atoms with Gasteiger partial charge in [0, 0.05) is 13.0 Å². The Labute approximate surface area is 139 Å². The number of hydrogen-bond acceptors (Lipinski definition) is 3. The number of benzene rings is 1. The summed E-state index contributed by atoms with van der Waals surface area (Å²) >= 11 is 0. The molecule has 0 aliphatic carbocycles. The van der Waals surface area contributed by atoms with Crippen molar-refractivity contribution in [2.24, 2.45) is 5.92 Å². The highest BCUT2D eigenvalue weighted by Crippen LogP contribution is 2.26. The van der Waals surface area contributed by atoms with Crippen LogP contribution >= 0.6 is 0 Å². The normalized spacial score (nSPS) is 11.1. The van der Waals surface area contributed by atoms with Crippen molar-refractivity contribution in [2.75, 3.05) is 7.11 Å². The fourth-order valence-electron chi connectivity index (χ4n) is 2.21. The van der Waals surface area contributed by atoms with Crippen molar-refractivity contribution >= 4 is 5.91 Å². The Morgan fingerprint density at radius 1 is 1.30 bits per heavy atom. The highest BCUT2D eigenvalue weighted by molar-refractivity contribution is 5.75. The molecule has 0 radical (unpaired) electrons. The molecule has 0 spiro atoms. The molecule has 23 heavy (non-hydrogen) atoms. The second-order valence-corrected chi connectivity index (χ2v) is 6.05. The number of carbonyl (C=O) groups excluding carboxylic acids is 1. The highest BCUT2D eigenvalue weighted by Gasteiger charge is 2.05. The summed E-state index contributed by atoms with van der Waals surface area (Å²) in [4.78, 5) is 11.8. The minimum absolute atomic E-state index is 0.0646. The lowest BCUT2D eigenvalue weighted by atomic mass is 10.1. The number of phenols is 1. The second-order valence-electron chi connectivity index (χ2n) is 6.05. The van der Waals surface area contributed by atoms with E-state index in [0.717, 1.165) is 31.2 Å². The lowest BCUT2D eigenvalue weighted by molar-refractivity contribution is -0.121. The van der Waals surface area contributed by atoms with Crippen LogP contribution in [0.2, 0.25) is 0 Å². The molecule has 1 amide bonds. The third-order valence-corrected chi connectivity index (χ3v) is 3.53. The van der Waals surface area contributed by atoms with E-state index in [9.17, 15) is 9.90 Å². The molecule has 4 heteroatoms. The molecule has 0 unspecified atom stereocenters. The Morgan fingerprint density at radius 2 is 2.09 bits per heavy atom. The van der Waals surface area contributed by atoms with Gasteiger partial charge in [-0.15, -0.1) is 0 Å². The number of allylic oxidation sites excluding steroid dienone is 2. The van der Waals surface area contributed by atoms with Crippen LogP contribution in [0.5, 0.6) is 11.5 Å². The molecule has 0 aromatic heterocycles. The molecule has 0 atom stereocenters. The van der Waals surface area contributed by atoms with Crippen molar-refractivity contribution in [2.45, 2.75) is 52.5 Å². The zero-order valence-corrected chi connectivity index (χ0v) is 14.5. The zero-order chi connectivity index (χ0) is 17.1. The number of unbranched alkanes of at least 4 members (excludes halogenated alkanes) is 3. The number of phenolic OH excluding ortho intramolecular Hbond substituents is 1. The van der Waals surface area contributed by atoms with Gasteiger partial charge in [0.2, 0.25) is 5.91 Å². The van der Waals surface area contributed by atoms with E-state index in [1.165, 1.54) is 7.11 Å². The van der Waals surface area contributed by atoms with Crippen molar-refractivity contribution in [3.63, 3.8) is 0 Å². The van der Waals surface area contributed by atoms with Gasteiger partial charge in [-0.25, -0.2) is 0 Å². The molecule has 0 aliphatic rings. The molecule has 0 aliphatic heterocycles. The molecule has 128 valence electrons. The van der Waals surface area contributed by atoms with E-state index >= 15 is 0 Å². The van der Waals surface area contributed by atoms with Gasteiger partial charge < -0.3 is 15.2 Å². The van der Waals surface area contributed by atoms with E-state index in [1.54, 1.807) is 18.2 Å². The maximum absolute atomic E-state index is 11.8. The van der Waals surface area contributed by atoms with Crippen LogP contribution in [-0.4, -0.2) is 18.1 Å². The first-order valence-electron chi connectivity index (χ1n) is 8.32. The van der Waals surface area contributed by atoms with Gasteiger partial charge in [-0.3, -0.25) is 4.79 Å². The van der Waals surface area contributed by atoms with Gasteiger partial charge in [-0.1, -0.05) is 38.5 Å². The summed E-state index contributed by atoms with van der Waals surface area (Å²) in [5.41, 5.74) is 0.909. The van der Waals surface area contributed by atoms with Crippen LogP contribution in [0.15, 0.2) is 30.4 Å². The topological polar surface area (TPSA) is 58.6 Å². The van der Waals surface area contributed by atoms with Gasteiger partial charge in [0.1, 0.15) is 0 Å². The minimum Gasteiger partial charge on any atom is -0.504 e. The van der Waals surface area contributed by atoms with Crippen LogP contribution in [0.25, 0.3) is 0 Å². The fourth-order valence-corrected chi connectivity index (χ4v) is 2.21. The summed E-state index contributed by atoms with van der Waals surface area (Å²) in [7, 11) is 1.51. The van der Waals surface area contributed by atoms with Gasteiger partial charge in [0.25, 0.3) is 0 Å². The molecule has 0 bridgehead atoms. The van der Waals surface area contributed by atoms with E-state index < -0.39 is 0 Å². The van der Waals surface area contributed by atoms with E-state index in [1.807, 2.05) is 0 Å². The summed E-state index contributed by atoms with van der Waals surface area (Å²) < 4.78 is 5.05. The maximum atomic E-state index is 11.8. The average Bonchev–Trinajstić information content (AvgIpc) is 2.52. The van der Waals surface area contributed by atoms with Crippen molar-refractivity contribution in [1.82, 2.24) is 5.32 Å². The Hall–Kier alpha value is -1.97. The summed E-state index contributed by atoms with van der Waals surface area (Å²) in [5, 5.41) is 12.4. The molecule has 0 saturated carbocycles. The van der Waals surface area contributed by atoms with Crippen LogP contribution in [0, 0.1) is 5.92 Å². The Balaban J connectivity index is 2.17. The first kappa shape index (κ1) is 19.1. The Kier molecular flexibility index (Phi) is 8.88. The largest absolute Gasteiger partial charge is 0.504 e. The van der Waals surface area contributed by atoms with Crippen LogP contribution in [0.1, 0.15) is 51.5 Å². The second kappa shape index (κ2) is 10.7. The van der Waals surface area contributed by atoms with Crippen LogP contribution in [0.3, 0.4) is 0 Å². The number of ether oxygens (including phenoxy) is 1. The van der Waals surface area contributed by atoms with E-state index in [4.69, 9.17) is 4.74 Å². The molecule has 1 aromatic rings. The van der Waals surface area contributed by atoms with Gasteiger partial charge >= 0.3 is 0 Å². The molecule has 0 fully saturated rings. The predicted octanol–water partition coefficient (Wildman–Crippen LogP) is 4.18. The van der Waals surface area contributed by atoms with E-state index in [0.29, 0.717) is 24.6 Å². The quantitative estimate of drug-likeness (QED) is 0.502. The molecule has 0 heterocycles. The predicted molar refractivity (Wildman–Crippen MR) is 93.6 cm³/mol. The summed E-state index contributed by atoms with van der Waals surface area (Å²) in [6.45, 7) is 4.79. The summed E-state index contributed by atoms with van der Waals surface area (Å²) in [5.74, 6) is 1.20. The van der Waals surface area contributed by atoms with Gasteiger partial charge in [-0.05, 0) is 42.9 Å². The Morgan fingerprint density at radius 3 is 2.78 bits per heavy atom. The van der Waals surface area contributed by atoms with Gasteiger partial charge in [0.05, 0.1) is 7.11 Å². The zero-order valence-electron chi connectivity index (χ0n) is 14.5. The molecule has 2 N–H and O–H groups in total. The number of methoxy groups -OCH3 is 1. The standard InChI is InChI=1S/C19H29NO3/c1-15(2)9-7-5-4-6-8-10-19(22)20-14-16-11-12-17(21)18(13-16)23-3/h7,9,11-13,15,21H,4-6,8,10,14H2,1-3H3,(H,20,22)/b9-7+. The number of rotatable bonds is 10. The smallest absolute Gasteiger partial charge is 0.220 e. The number of amides is 1. The summed E-state index contributed by atoms with van der Waals surface area (Å²) in [6, 6.07) is 5.08. The number of hydrogen-bond donors (Lipinski definition) is 2. The third kappa shape index (κ3) is 8.29. The molecule has 1 rings (SSSR count). The number of aromatic hydroxyl groups is 1. The molecule has 0 saturated heterocycles. The fraction of sp³-hybridized carbons (Fsp3) is 0.526. The van der Waals surface area contributed by atoms with Crippen LogP contribution in [0.4, 0.5) is 0 Å². The number of nitrogens with one attached hydrogen (secondary N) is 1. The maximum Gasteiger partial charge on any atom is 0.220 e. The van der Waals surface area contributed by atoms with Crippen LogP contribution < -0.4 is 10.1 Å². The first-order chi connectivity index (χ1) is 11.0. The molecular formula is C19H29NO3. The lowest BCUT2D eigenvalue weighted by Crippen LogP contribution is -2.22. The molecule has 1 aromatic carbocycles. The van der Waals surface area contributed by atoms with Gasteiger partial charge in [-0.2, -0.15) is 0 Å². The van der Waals surface area contributed by atoms with Crippen molar-refractivity contribution in [1.29, 1.82) is 0 Å². The van der Waals surface area contributed by atoms with E-state index in [-0.39, 0.29) is 11.7 Å². The van der Waals surface area contributed by atoms with Crippen LogP contribution in [-0.2, 0) is 11.3 Å². The Bertz CT molecular complexity index is 509. The summed E-state index contributed by atoms with van der Waals surface area (Å²) in [6.07, 6.45) is 9.21. The average molecular weight is 319 g/mol. The molecule has 4 nitrogen and oxygen atoms in total. The monoisotopic (exact) mass is 319 g/mol. The lowest BCUT2D eigenvalue weighted by Gasteiger charge is -2.08. The third-order valence-electron chi connectivity index (χ3n) is 3.53. The van der Waals surface area contributed by atoms with Crippen molar-refractivity contribution in [3.05, 3.63) is 35.9 Å². The number of carbonyl (C=O) groups is 1. The SMILES string of the molecule is COc1cc(CNC(=O)CCCCC/C=C/C(C)C)ccc1O. The first-order valence-corrected chi connectivity index (χ1v) is 8.32. The molecular weight excluding hydrogens is 290 g/mol. The van der Waals surface area contributed by atoms with Crippen molar-refractivity contribution in [3.8, 4) is 11.5 Å². The van der Waals surface area contributed by atoms with Crippen molar-refractivity contribution < 1.29 is 14.6 Å². The van der Waals surface area contributed by atoms with E-state index in [2.05, 4.69) is 31.3 Å². The highest BCUT2D eigenvalue weighted by atomic mass is 16.5. The van der Waals surface area contributed by atoms with Gasteiger partial charge in [0.15, 0.2) is 11.5 Å².